The van der Waals surface area contributed by atoms with Crippen molar-refractivity contribution in [1.82, 2.24) is 14.8 Å². The summed E-state index contributed by atoms with van der Waals surface area (Å²) in [5, 5.41) is 0. The van der Waals surface area contributed by atoms with Crippen molar-refractivity contribution in [1.29, 1.82) is 0 Å². The number of carbonyl (C=O) groups excluding carboxylic acids is 1. The second kappa shape index (κ2) is 7.75. The Hall–Kier alpha value is -0.940. The molecule has 128 valence electrons. The molecule has 4 nitrogen and oxygen atoms in total. The van der Waals surface area contributed by atoms with Crippen LogP contribution >= 0.6 is 11.3 Å². The average molecular weight is 336 g/mol. The van der Waals surface area contributed by atoms with E-state index >= 15 is 0 Å². The topological polar surface area (TPSA) is 36.4 Å². The van der Waals surface area contributed by atoms with Gasteiger partial charge in [0.05, 0.1) is 11.6 Å². The molecule has 2 heterocycles. The maximum Gasteiger partial charge on any atom is 0.226 e. The summed E-state index contributed by atoms with van der Waals surface area (Å²) in [7, 11) is 1.94. The van der Waals surface area contributed by atoms with E-state index in [1.165, 1.54) is 37.0 Å². The zero-order chi connectivity index (χ0) is 16.2. The molecule has 1 aliphatic carbocycles. The van der Waals surface area contributed by atoms with Crippen LogP contribution in [-0.2, 0) is 4.79 Å². The van der Waals surface area contributed by atoms with Gasteiger partial charge in [-0.1, -0.05) is 19.3 Å². The van der Waals surface area contributed by atoms with Crippen LogP contribution in [-0.4, -0.2) is 46.9 Å². The van der Waals surface area contributed by atoms with Crippen LogP contribution in [0.25, 0.3) is 0 Å². The second-order valence-electron chi connectivity index (χ2n) is 7.13. The van der Waals surface area contributed by atoms with Gasteiger partial charge in [0.25, 0.3) is 0 Å². The van der Waals surface area contributed by atoms with E-state index in [-0.39, 0.29) is 12.0 Å². The van der Waals surface area contributed by atoms with Gasteiger partial charge in [-0.05, 0) is 45.7 Å². The number of hydrogen-bond acceptors (Lipinski definition) is 4. The van der Waals surface area contributed by atoms with Crippen molar-refractivity contribution in [3.05, 3.63) is 16.6 Å². The molecule has 1 aromatic heterocycles. The summed E-state index contributed by atoms with van der Waals surface area (Å²) in [6, 6.07) is 0.917. The van der Waals surface area contributed by atoms with Crippen LogP contribution in [0, 0.1) is 5.92 Å². The van der Waals surface area contributed by atoms with Crippen LogP contribution in [0.15, 0.2) is 11.7 Å². The average Bonchev–Trinajstić information content (AvgIpc) is 3.15. The molecule has 0 aromatic carbocycles. The van der Waals surface area contributed by atoms with E-state index in [0.29, 0.717) is 5.91 Å². The van der Waals surface area contributed by atoms with Crippen LogP contribution in [0.3, 0.4) is 0 Å². The molecule has 0 spiro atoms. The van der Waals surface area contributed by atoms with Crippen molar-refractivity contribution in [2.45, 2.75) is 64.0 Å². The fraction of sp³-hybridized carbons (Fsp3) is 0.778. The molecule has 2 aliphatic rings. The summed E-state index contributed by atoms with van der Waals surface area (Å²) in [6.07, 6.45) is 10.8. The van der Waals surface area contributed by atoms with Gasteiger partial charge in [0.2, 0.25) is 5.91 Å². The molecule has 0 N–H and O–H groups in total. The molecule has 0 bridgehead atoms. The van der Waals surface area contributed by atoms with Gasteiger partial charge in [0.1, 0.15) is 0 Å². The molecule has 2 fully saturated rings. The Morgan fingerprint density at radius 2 is 1.96 bits per heavy atom. The summed E-state index contributed by atoms with van der Waals surface area (Å²) >= 11 is 1.63. The monoisotopic (exact) mass is 335 g/mol. The van der Waals surface area contributed by atoms with Gasteiger partial charge in [-0.25, -0.2) is 0 Å². The SMILES string of the molecule is C[C@H](c1cncs1)N(C)C(=O)C1CCN(C2CCCCC2)CC1. The number of aromatic nitrogens is 1. The zero-order valence-corrected chi connectivity index (χ0v) is 15.2. The first-order valence-electron chi connectivity index (χ1n) is 9.06. The van der Waals surface area contributed by atoms with Gasteiger partial charge in [-0.3, -0.25) is 9.78 Å². The molecule has 5 heteroatoms. The minimum absolute atomic E-state index is 0.131. The van der Waals surface area contributed by atoms with E-state index < -0.39 is 0 Å². The largest absolute Gasteiger partial charge is 0.338 e. The van der Waals surface area contributed by atoms with Gasteiger partial charge in [-0.2, -0.15) is 0 Å². The Kier molecular flexibility index (Phi) is 5.70. The normalized spacial score (nSPS) is 22.9. The van der Waals surface area contributed by atoms with E-state index in [9.17, 15) is 4.79 Å². The number of hydrogen-bond donors (Lipinski definition) is 0. The highest BCUT2D eigenvalue weighted by Crippen LogP contribution is 2.30. The number of rotatable bonds is 4. The van der Waals surface area contributed by atoms with Crippen molar-refractivity contribution in [2.24, 2.45) is 5.92 Å². The molecule has 3 rings (SSSR count). The quantitative estimate of drug-likeness (QED) is 0.841. The molecule has 23 heavy (non-hydrogen) atoms. The summed E-state index contributed by atoms with van der Waals surface area (Å²) in [6.45, 7) is 4.30. The molecule has 1 atom stereocenters. The Labute approximate surface area is 143 Å². The molecule has 1 saturated carbocycles. The maximum atomic E-state index is 12.8. The van der Waals surface area contributed by atoms with Crippen molar-refractivity contribution in [3.63, 3.8) is 0 Å². The van der Waals surface area contributed by atoms with Gasteiger partial charge >= 0.3 is 0 Å². The fourth-order valence-corrected chi connectivity index (χ4v) is 4.78. The molecule has 1 aliphatic heterocycles. The number of thiazole rings is 1. The third-order valence-corrected chi connectivity index (χ3v) is 6.71. The van der Waals surface area contributed by atoms with Gasteiger partial charge in [0, 0.05) is 30.1 Å². The number of nitrogens with zero attached hydrogens (tertiary/aromatic N) is 3. The summed E-state index contributed by atoms with van der Waals surface area (Å²) < 4.78 is 0. The fourth-order valence-electron chi connectivity index (χ4n) is 4.06. The summed E-state index contributed by atoms with van der Waals surface area (Å²) in [5.74, 6) is 0.518. The first kappa shape index (κ1) is 16.9. The third kappa shape index (κ3) is 3.94. The lowest BCUT2D eigenvalue weighted by atomic mass is 9.89. The van der Waals surface area contributed by atoms with E-state index in [1.807, 2.05) is 23.7 Å². The molecule has 1 saturated heterocycles. The Bertz CT molecular complexity index is 490. The smallest absolute Gasteiger partial charge is 0.226 e. The van der Waals surface area contributed by atoms with E-state index in [4.69, 9.17) is 0 Å². The second-order valence-corrected chi connectivity index (χ2v) is 8.05. The lowest BCUT2D eigenvalue weighted by Gasteiger charge is -2.40. The van der Waals surface area contributed by atoms with E-state index in [1.54, 1.807) is 11.3 Å². The highest BCUT2D eigenvalue weighted by Gasteiger charge is 2.32. The highest BCUT2D eigenvalue weighted by molar-refractivity contribution is 7.09. The van der Waals surface area contributed by atoms with E-state index in [0.717, 1.165) is 32.0 Å². The van der Waals surface area contributed by atoms with Crippen LogP contribution < -0.4 is 0 Å². The van der Waals surface area contributed by atoms with Crippen molar-refractivity contribution in [3.8, 4) is 0 Å². The lowest BCUT2D eigenvalue weighted by molar-refractivity contribution is -0.137. The Balaban J connectivity index is 1.51. The molecule has 0 unspecified atom stereocenters. The molecule has 1 aromatic rings. The van der Waals surface area contributed by atoms with Crippen molar-refractivity contribution < 1.29 is 4.79 Å². The van der Waals surface area contributed by atoms with Crippen LogP contribution in [0.1, 0.15) is 62.8 Å². The van der Waals surface area contributed by atoms with Crippen molar-refractivity contribution in [2.75, 3.05) is 20.1 Å². The molecular weight excluding hydrogens is 306 g/mol. The predicted octanol–water partition coefficient (Wildman–Crippen LogP) is 3.71. The predicted molar refractivity (Wildman–Crippen MR) is 94.5 cm³/mol. The Morgan fingerprint density at radius 3 is 2.57 bits per heavy atom. The minimum atomic E-state index is 0.131. The third-order valence-electron chi connectivity index (χ3n) is 5.76. The highest BCUT2D eigenvalue weighted by atomic mass is 32.1. The number of carbonyl (C=O) groups is 1. The number of piperidine rings is 1. The van der Waals surface area contributed by atoms with E-state index in [2.05, 4.69) is 16.8 Å². The summed E-state index contributed by atoms with van der Waals surface area (Å²) in [5.41, 5.74) is 1.84. The molecule has 0 radical (unpaired) electrons. The zero-order valence-electron chi connectivity index (χ0n) is 14.4. The lowest BCUT2D eigenvalue weighted by Crippen LogP contribution is -2.46. The first-order valence-corrected chi connectivity index (χ1v) is 9.94. The van der Waals surface area contributed by atoms with Crippen molar-refractivity contribution >= 4 is 17.2 Å². The van der Waals surface area contributed by atoms with Gasteiger partial charge in [0.15, 0.2) is 0 Å². The first-order chi connectivity index (χ1) is 11.2. The van der Waals surface area contributed by atoms with Gasteiger partial charge < -0.3 is 9.80 Å². The molecule has 1 amide bonds. The standard InChI is InChI=1S/C18H29N3OS/c1-14(17-12-19-13-23-17)20(2)18(22)15-8-10-21(11-9-15)16-6-4-3-5-7-16/h12-16H,3-11H2,1-2H3/t14-/m1/s1. The van der Waals surface area contributed by atoms with Gasteiger partial charge in [-0.15, -0.1) is 11.3 Å². The van der Waals surface area contributed by atoms with Crippen LogP contribution in [0.4, 0.5) is 0 Å². The number of amides is 1. The minimum Gasteiger partial charge on any atom is -0.338 e. The van der Waals surface area contributed by atoms with Crippen LogP contribution in [0.5, 0.6) is 0 Å². The maximum absolute atomic E-state index is 12.8. The number of likely N-dealkylation sites (tertiary alicyclic amines) is 1. The Morgan fingerprint density at radius 1 is 1.26 bits per heavy atom. The molecular formula is C18H29N3OS. The van der Waals surface area contributed by atoms with Crippen LogP contribution in [0.2, 0.25) is 0 Å². The summed E-state index contributed by atoms with van der Waals surface area (Å²) in [4.78, 5) is 22.7.